The highest BCUT2D eigenvalue weighted by Crippen LogP contribution is 2.63. The number of aliphatic hydroxyl groups is 1. The van der Waals surface area contributed by atoms with Gasteiger partial charge in [-0.05, 0) is 34.9 Å². The molecule has 2 unspecified atom stereocenters. The van der Waals surface area contributed by atoms with Crippen LogP contribution in [0.25, 0.3) is 10.8 Å². The highest BCUT2D eigenvalue weighted by Gasteiger charge is 2.63. The molecule has 0 spiro atoms. The smallest absolute Gasteiger partial charge is 0.119 e. The van der Waals surface area contributed by atoms with Gasteiger partial charge in [0.1, 0.15) is 5.75 Å². The molecule has 106 valence electrons. The zero-order valence-electron chi connectivity index (χ0n) is 12.0. The molecule has 3 heteroatoms. The largest absolute Gasteiger partial charge is 0.497 e. The molecule has 2 atom stereocenters. The number of fused-ring (bicyclic) bond motifs is 1. The van der Waals surface area contributed by atoms with E-state index in [0.717, 1.165) is 12.2 Å². The van der Waals surface area contributed by atoms with E-state index in [1.165, 1.54) is 16.3 Å². The fourth-order valence-corrected chi connectivity index (χ4v) is 3.33. The van der Waals surface area contributed by atoms with E-state index < -0.39 is 0 Å². The number of methoxy groups -OCH3 is 1. The molecule has 2 aromatic rings. The van der Waals surface area contributed by atoms with Gasteiger partial charge >= 0.3 is 0 Å². The van der Waals surface area contributed by atoms with E-state index in [1.807, 2.05) is 12.1 Å². The van der Waals surface area contributed by atoms with Gasteiger partial charge in [-0.1, -0.05) is 31.2 Å². The molecule has 1 saturated carbocycles. The number of benzene rings is 2. The van der Waals surface area contributed by atoms with E-state index in [1.54, 1.807) is 7.11 Å². The van der Waals surface area contributed by atoms with Crippen molar-refractivity contribution in [1.29, 1.82) is 0 Å². The van der Waals surface area contributed by atoms with Crippen LogP contribution in [0.2, 0.25) is 0 Å². The Bertz CT molecular complexity index is 648. The Morgan fingerprint density at radius 3 is 2.50 bits per heavy atom. The average Bonchev–Trinajstić information content (AvgIpc) is 3.13. The summed E-state index contributed by atoms with van der Waals surface area (Å²) in [6.45, 7) is 2.88. The predicted octanol–water partition coefficient (Wildman–Crippen LogP) is 2.45. The quantitative estimate of drug-likeness (QED) is 0.898. The van der Waals surface area contributed by atoms with Crippen molar-refractivity contribution in [3.05, 3.63) is 42.0 Å². The Morgan fingerprint density at radius 2 is 1.90 bits per heavy atom. The molecular formula is C17H21NO2. The van der Waals surface area contributed by atoms with Crippen molar-refractivity contribution in [1.82, 2.24) is 0 Å². The molecule has 3 N–H and O–H groups in total. The maximum absolute atomic E-state index is 9.64. The minimum atomic E-state index is -0.146. The zero-order valence-corrected chi connectivity index (χ0v) is 12.0. The van der Waals surface area contributed by atoms with Crippen molar-refractivity contribution in [2.75, 3.05) is 20.3 Å². The second kappa shape index (κ2) is 4.47. The minimum Gasteiger partial charge on any atom is -0.497 e. The van der Waals surface area contributed by atoms with Crippen molar-refractivity contribution < 1.29 is 9.84 Å². The molecular weight excluding hydrogens is 250 g/mol. The van der Waals surface area contributed by atoms with Crippen LogP contribution in [-0.2, 0) is 5.41 Å². The third-order valence-electron chi connectivity index (χ3n) is 5.12. The summed E-state index contributed by atoms with van der Waals surface area (Å²) in [5.41, 5.74) is 6.97. The summed E-state index contributed by atoms with van der Waals surface area (Å²) in [7, 11) is 1.68. The molecule has 0 aromatic heterocycles. The van der Waals surface area contributed by atoms with Crippen LogP contribution in [0.3, 0.4) is 0 Å². The number of ether oxygens (including phenoxy) is 1. The zero-order chi connectivity index (χ0) is 14.4. The van der Waals surface area contributed by atoms with Gasteiger partial charge in [-0.2, -0.15) is 0 Å². The molecule has 0 radical (unpaired) electrons. The second-order valence-electron chi connectivity index (χ2n) is 6.08. The summed E-state index contributed by atoms with van der Waals surface area (Å²) in [6, 6.07) is 12.6. The van der Waals surface area contributed by atoms with Crippen LogP contribution in [0.1, 0.15) is 18.9 Å². The van der Waals surface area contributed by atoms with Crippen LogP contribution in [0.15, 0.2) is 36.4 Å². The summed E-state index contributed by atoms with van der Waals surface area (Å²) >= 11 is 0. The van der Waals surface area contributed by atoms with Crippen LogP contribution in [0.4, 0.5) is 0 Å². The van der Waals surface area contributed by atoms with E-state index in [4.69, 9.17) is 10.5 Å². The van der Waals surface area contributed by atoms with Crippen molar-refractivity contribution >= 4 is 10.8 Å². The van der Waals surface area contributed by atoms with Crippen LogP contribution >= 0.6 is 0 Å². The van der Waals surface area contributed by atoms with Gasteiger partial charge in [0.15, 0.2) is 0 Å². The van der Waals surface area contributed by atoms with Crippen LogP contribution < -0.4 is 10.5 Å². The molecule has 3 nitrogen and oxygen atoms in total. The molecule has 0 aliphatic heterocycles. The van der Waals surface area contributed by atoms with Gasteiger partial charge < -0.3 is 15.6 Å². The third kappa shape index (κ3) is 1.74. The molecule has 2 aromatic carbocycles. The highest BCUT2D eigenvalue weighted by atomic mass is 16.5. The molecule has 0 amide bonds. The van der Waals surface area contributed by atoms with Crippen LogP contribution in [0, 0.1) is 5.41 Å². The Labute approximate surface area is 119 Å². The van der Waals surface area contributed by atoms with Gasteiger partial charge in [0.05, 0.1) is 13.7 Å². The summed E-state index contributed by atoms with van der Waals surface area (Å²) < 4.78 is 5.25. The molecule has 1 fully saturated rings. The number of rotatable bonds is 4. The second-order valence-corrected chi connectivity index (χ2v) is 6.08. The van der Waals surface area contributed by atoms with Crippen molar-refractivity contribution in [3.8, 4) is 5.75 Å². The monoisotopic (exact) mass is 271 g/mol. The molecule has 20 heavy (non-hydrogen) atoms. The fourth-order valence-electron chi connectivity index (χ4n) is 3.33. The lowest BCUT2D eigenvalue weighted by Gasteiger charge is -2.20. The van der Waals surface area contributed by atoms with Gasteiger partial charge in [0.25, 0.3) is 0 Å². The van der Waals surface area contributed by atoms with E-state index >= 15 is 0 Å². The van der Waals surface area contributed by atoms with E-state index in [0.29, 0.717) is 6.54 Å². The van der Waals surface area contributed by atoms with Crippen LogP contribution in [-0.4, -0.2) is 25.4 Å². The maximum Gasteiger partial charge on any atom is 0.119 e. The highest BCUT2D eigenvalue weighted by molar-refractivity contribution is 5.85. The van der Waals surface area contributed by atoms with Crippen LogP contribution in [0.5, 0.6) is 5.75 Å². The topological polar surface area (TPSA) is 55.5 Å². The Morgan fingerprint density at radius 1 is 1.20 bits per heavy atom. The number of hydrogen-bond donors (Lipinski definition) is 2. The van der Waals surface area contributed by atoms with Gasteiger partial charge in [-0.15, -0.1) is 0 Å². The van der Waals surface area contributed by atoms with E-state index in [-0.39, 0.29) is 17.4 Å². The van der Waals surface area contributed by atoms with Crippen molar-refractivity contribution in [2.45, 2.75) is 18.8 Å². The number of hydrogen-bond acceptors (Lipinski definition) is 3. The van der Waals surface area contributed by atoms with Crippen molar-refractivity contribution in [2.24, 2.45) is 11.1 Å². The molecule has 0 saturated heterocycles. The Balaban J connectivity index is 2.03. The average molecular weight is 271 g/mol. The fraction of sp³-hybridized carbons (Fsp3) is 0.412. The summed E-state index contributed by atoms with van der Waals surface area (Å²) in [5.74, 6) is 0.870. The summed E-state index contributed by atoms with van der Waals surface area (Å²) in [6.07, 6.45) is 0.953. The molecule has 0 bridgehead atoms. The lowest BCUT2D eigenvalue weighted by molar-refractivity contribution is 0.198. The SMILES string of the molecule is COc1ccc2cc(C3(C)CC3(CN)CO)ccc2c1. The molecule has 3 rings (SSSR count). The van der Waals surface area contributed by atoms with Crippen molar-refractivity contribution in [3.63, 3.8) is 0 Å². The summed E-state index contributed by atoms with van der Waals surface area (Å²) in [5, 5.41) is 12.0. The first-order chi connectivity index (χ1) is 9.58. The van der Waals surface area contributed by atoms with Gasteiger partial charge in [0, 0.05) is 17.4 Å². The first-order valence-electron chi connectivity index (χ1n) is 6.98. The number of aliphatic hydroxyl groups excluding tert-OH is 1. The normalized spacial score (nSPS) is 28.6. The van der Waals surface area contributed by atoms with Gasteiger partial charge in [0.2, 0.25) is 0 Å². The lowest BCUT2D eigenvalue weighted by atomic mass is 9.87. The number of nitrogens with two attached hydrogens (primary N) is 1. The Kier molecular flexibility index (Phi) is 3.00. The predicted molar refractivity (Wildman–Crippen MR) is 81.0 cm³/mol. The Hall–Kier alpha value is -1.58. The molecule has 1 aliphatic rings. The summed E-state index contributed by atoms with van der Waals surface area (Å²) in [4.78, 5) is 0. The minimum absolute atomic E-state index is 0.00931. The van der Waals surface area contributed by atoms with Gasteiger partial charge in [-0.3, -0.25) is 0 Å². The lowest BCUT2D eigenvalue weighted by Crippen LogP contribution is -2.27. The molecule has 1 aliphatic carbocycles. The third-order valence-corrected chi connectivity index (χ3v) is 5.12. The van der Waals surface area contributed by atoms with E-state index in [2.05, 4.69) is 31.2 Å². The first-order valence-corrected chi connectivity index (χ1v) is 6.98. The first kappa shape index (κ1) is 13.4. The van der Waals surface area contributed by atoms with Gasteiger partial charge in [-0.25, -0.2) is 0 Å². The standard InChI is InChI=1S/C17H21NO2/c1-16(9-17(16,10-18)11-19)14-5-3-13-8-15(20-2)6-4-12(13)7-14/h3-8,19H,9-11,18H2,1-2H3. The van der Waals surface area contributed by atoms with E-state index in [9.17, 15) is 5.11 Å². The maximum atomic E-state index is 9.64. The molecule has 0 heterocycles.